The highest BCUT2D eigenvalue weighted by atomic mass is 16.3. The van der Waals surface area contributed by atoms with Crippen molar-refractivity contribution in [3.8, 4) is 17.2 Å². The maximum absolute atomic E-state index is 11.4. The average Bonchev–Trinajstić information content (AvgIpc) is 3.13. The number of aromatic hydroxyl groups is 3. The second kappa shape index (κ2) is 5.14. The van der Waals surface area contributed by atoms with E-state index in [4.69, 9.17) is 5.11 Å². The van der Waals surface area contributed by atoms with E-state index < -0.39 is 5.75 Å². The minimum atomic E-state index is -0.545. The second-order valence-electron chi connectivity index (χ2n) is 4.39. The molecule has 0 unspecified atom stereocenters. The molecule has 0 aromatic heterocycles. The first-order chi connectivity index (χ1) is 8.58. The van der Waals surface area contributed by atoms with Gasteiger partial charge in [0.05, 0.1) is 6.54 Å². The summed E-state index contributed by atoms with van der Waals surface area (Å²) in [5.74, 6) is -1.37. The molecule has 0 bridgehead atoms. The maximum Gasteiger partial charge on any atom is 0.234 e. The van der Waals surface area contributed by atoms with E-state index in [0.717, 1.165) is 12.8 Å². The van der Waals surface area contributed by atoms with E-state index in [1.165, 1.54) is 12.1 Å². The standard InChI is InChI=1S/C12H16N2O4/c15-9-4-1-7(11(17)12(9)18)5-13-6-10(16)14-8-2-3-8/h1,4,8,13,15,17-18H,2-3,5-6H2,(H,14,16). The van der Waals surface area contributed by atoms with Gasteiger partial charge in [0.25, 0.3) is 0 Å². The third kappa shape index (κ3) is 3.04. The zero-order chi connectivity index (χ0) is 13.1. The second-order valence-corrected chi connectivity index (χ2v) is 4.39. The summed E-state index contributed by atoms with van der Waals surface area (Å²) in [6, 6.07) is 3.09. The average molecular weight is 252 g/mol. The van der Waals surface area contributed by atoms with Gasteiger partial charge in [-0.2, -0.15) is 0 Å². The number of amides is 1. The molecule has 0 heterocycles. The maximum atomic E-state index is 11.4. The van der Waals surface area contributed by atoms with E-state index >= 15 is 0 Å². The van der Waals surface area contributed by atoms with Gasteiger partial charge in [0.1, 0.15) is 0 Å². The van der Waals surface area contributed by atoms with Crippen molar-refractivity contribution in [3.05, 3.63) is 17.7 Å². The molecule has 1 aliphatic carbocycles. The number of phenolic OH excluding ortho intramolecular Hbond substituents is 3. The molecule has 1 fully saturated rings. The van der Waals surface area contributed by atoms with Crippen LogP contribution in [0.3, 0.4) is 0 Å². The number of hydrogen-bond acceptors (Lipinski definition) is 5. The SMILES string of the molecule is O=C(CNCc1ccc(O)c(O)c1O)NC1CC1. The molecule has 1 amide bonds. The number of rotatable bonds is 5. The van der Waals surface area contributed by atoms with Crippen LogP contribution in [0.25, 0.3) is 0 Å². The smallest absolute Gasteiger partial charge is 0.234 e. The number of carbonyl (C=O) groups excluding carboxylic acids is 1. The number of phenols is 3. The lowest BCUT2D eigenvalue weighted by molar-refractivity contribution is -0.120. The summed E-state index contributed by atoms with van der Waals surface area (Å²) in [4.78, 5) is 11.4. The lowest BCUT2D eigenvalue weighted by atomic mass is 10.1. The Morgan fingerprint density at radius 3 is 2.61 bits per heavy atom. The van der Waals surface area contributed by atoms with Crippen LogP contribution in [-0.2, 0) is 11.3 Å². The van der Waals surface area contributed by atoms with E-state index in [1.807, 2.05) is 0 Å². The Balaban J connectivity index is 1.82. The molecule has 1 aromatic carbocycles. The molecule has 98 valence electrons. The highest BCUT2D eigenvalue weighted by molar-refractivity contribution is 5.78. The predicted molar refractivity (Wildman–Crippen MR) is 64.3 cm³/mol. The van der Waals surface area contributed by atoms with Crippen LogP contribution in [-0.4, -0.2) is 33.8 Å². The molecular formula is C12H16N2O4. The zero-order valence-electron chi connectivity index (χ0n) is 9.81. The molecule has 0 spiro atoms. The number of nitrogens with one attached hydrogen (secondary N) is 2. The number of hydrogen-bond donors (Lipinski definition) is 5. The first-order valence-electron chi connectivity index (χ1n) is 5.81. The van der Waals surface area contributed by atoms with Gasteiger partial charge in [0, 0.05) is 18.2 Å². The summed E-state index contributed by atoms with van der Waals surface area (Å²) in [5.41, 5.74) is 0.421. The summed E-state index contributed by atoms with van der Waals surface area (Å²) in [5, 5.41) is 33.7. The van der Waals surface area contributed by atoms with Crippen molar-refractivity contribution in [2.24, 2.45) is 0 Å². The Kier molecular flexibility index (Phi) is 3.57. The normalized spacial score (nSPS) is 14.4. The molecule has 5 N–H and O–H groups in total. The molecule has 1 aliphatic rings. The fourth-order valence-electron chi connectivity index (χ4n) is 1.57. The van der Waals surface area contributed by atoms with Crippen LogP contribution in [0.1, 0.15) is 18.4 Å². The van der Waals surface area contributed by atoms with Gasteiger partial charge >= 0.3 is 0 Å². The Labute approximate surface area is 104 Å². The van der Waals surface area contributed by atoms with Crippen LogP contribution in [0.5, 0.6) is 17.2 Å². The van der Waals surface area contributed by atoms with Crippen molar-refractivity contribution in [1.29, 1.82) is 0 Å². The molecule has 1 aromatic rings. The third-order valence-corrected chi connectivity index (χ3v) is 2.76. The lowest BCUT2D eigenvalue weighted by Crippen LogP contribution is -2.34. The van der Waals surface area contributed by atoms with E-state index in [1.54, 1.807) is 0 Å². The summed E-state index contributed by atoms with van der Waals surface area (Å²) in [6.07, 6.45) is 2.08. The fourth-order valence-corrected chi connectivity index (χ4v) is 1.57. The van der Waals surface area contributed by atoms with Crippen LogP contribution >= 0.6 is 0 Å². The molecule has 0 atom stereocenters. The van der Waals surface area contributed by atoms with Crippen molar-refractivity contribution in [2.45, 2.75) is 25.4 Å². The van der Waals surface area contributed by atoms with Gasteiger partial charge < -0.3 is 26.0 Å². The van der Waals surface area contributed by atoms with Gasteiger partial charge in [0.15, 0.2) is 11.5 Å². The molecular weight excluding hydrogens is 236 g/mol. The highest BCUT2D eigenvalue weighted by Gasteiger charge is 2.22. The van der Waals surface area contributed by atoms with Gasteiger partial charge in [-0.3, -0.25) is 4.79 Å². The summed E-state index contributed by atoms with van der Waals surface area (Å²) in [6.45, 7) is 0.384. The Morgan fingerprint density at radius 1 is 1.22 bits per heavy atom. The predicted octanol–water partition coefficient (Wildman–Crippen LogP) is 0.172. The number of carbonyl (C=O) groups is 1. The highest BCUT2D eigenvalue weighted by Crippen LogP contribution is 2.36. The van der Waals surface area contributed by atoms with E-state index in [9.17, 15) is 15.0 Å². The topological polar surface area (TPSA) is 102 Å². The Bertz CT molecular complexity index is 458. The van der Waals surface area contributed by atoms with Gasteiger partial charge in [-0.25, -0.2) is 0 Å². The van der Waals surface area contributed by atoms with E-state index in [-0.39, 0.29) is 30.5 Å². The van der Waals surface area contributed by atoms with Crippen molar-refractivity contribution < 1.29 is 20.1 Å². The Morgan fingerprint density at radius 2 is 1.94 bits per heavy atom. The van der Waals surface area contributed by atoms with Crippen LogP contribution in [0, 0.1) is 0 Å². The zero-order valence-corrected chi connectivity index (χ0v) is 9.81. The monoisotopic (exact) mass is 252 g/mol. The van der Waals surface area contributed by atoms with Gasteiger partial charge in [-0.15, -0.1) is 0 Å². The molecule has 6 heteroatoms. The molecule has 0 radical (unpaired) electrons. The number of benzene rings is 1. The van der Waals surface area contributed by atoms with Gasteiger partial charge in [0.2, 0.25) is 11.7 Å². The van der Waals surface area contributed by atoms with E-state index in [0.29, 0.717) is 11.6 Å². The van der Waals surface area contributed by atoms with Crippen LogP contribution in [0.2, 0.25) is 0 Å². The van der Waals surface area contributed by atoms with Crippen LogP contribution < -0.4 is 10.6 Å². The minimum absolute atomic E-state index is 0.0833. The third-order valence-electron chi connectivity index (χ3n) is 2.76. The van der Waals surface area contributed by atoms with Crippen molar-refractivity contribution in [1.82, 2.24) is 10.6 Å². The summed E-state index contributed by atoms with van der Waals surface area (Å²) >= 11 is 0. The lowest BCUT2D eigenvalue weighted by Gasteiger charge is -2.09. The first-order valence-corrected chi connectivity index (χ1v) is 5.81. The fraction of sp³-hybridized carbons (Fsp3) is 0.417. The quantitative estimate of drug-likeness (QED) is 0.481. The van der Waals surface area contributed by atoms with Crippen molar-refractivity contribution >= 4 is 5.91 Å². The molecule has 0 aliphatic heterocycles. The first kappa shape index (κ1) is 12.5. The molecule has 2 rings (SSSR count). The van der Waals surface area contributed by atoms with Gasteiger partial charge in [-0.05, 0) is 18.9 Å². The van der Waals surface area contributed by atoms with Crippen molar-refractivity contribution in [2.75, 3.05) is 6.54 Å². The summed E-state index contributed by atoms with van der Waals surface area (Å²) in [7, 11) is 0. The molecule has 1 saturated carbocycles. The molecule has 6 nitrogen and oxygen atoms in total. The van der Waals surface area contributed by atoms with Crippen LogP contribution in [0.4, 0.5) is 0 Å². The molecule has 0 saturated heterocycles. The Hall–Kier alpha value is -1.95. The van der Waals surface area contributed by atoms with Crippen LogP contribution in [0.15, 0.2) is 12.1 Å². The minimum Gasteiger partial charge on any atom is -0.504 e. The van der Waals surface area contributed by atoms with Gasteiger partial charge in [-0.1, -0.05) is 6.07 Å². The molecule has 18 heavy (non-hydrogen) atoms. The van der Waals surface area contributed by atoms with E-state index in [2.05, 4.69) is 10.6 Å². The summed E-state index contributed by atoms with van der Waals surface area (Å²) < 4.78 is 0. The largest absolute Gasteiger partial charge is 0.504 e. The van der Waals surface area contributed by atoms with Crippen molar-refractivity contribution in [3.63, 3.8) is 0 Å².